The van der Waals surface area contributed by atoms with Gasteiger partial charge in [-0.2, -0.15) is 0 Å². The highest BCUT2D eigenvalue weighted by Gasteiger charge is 2.45. The standard InChI is InChI=1S/C31H38N2O6S/c1-37-24-11-8-22(9-12-24)29-28(21-6-4-3-5-7-21)26-15-10-23(30(34)32-40(35,36)25-13-14-25)18-27(26)33(29)19-31(16-17-31)20-39-38-2/h8-12,15,18,21,25H,3-7,13-14,16-17,19-20H2,1-2H3,(H,32,34). The van der Waals surface area contributed by atoms with E-state index in [0.717, 1.165) is 53.6 Å². The summed E-state index contributed by atoms with van der Waals surface area (Å²) in [5.41, 5.74) is 4.83. The Hall–Kier alpha value is -2.88. The van der Waals surface area contributed by atoms with Crippen LogP contribution in [0.5, 0.6) is 5.75 Å². The number of hydrogen-bond acceptors (Lipinski definition) is 6. The van der Waals surface area contributed by atoms with E-state index in [9.17, 15) is 13.2 Å². The molecule has 0 saturated heterocycles. The first-order valence-corrected chi connectivity index (χ1v) is 15.9. The molecule has 214 valence electrons. The van der Waals surface area contributed by atoms with Gasteiger partial charge in [-0.25, -0.2) is 22.9 Å². The fourth-order valence-electron chi connectivity index (χ4n) is 6.24. The first-order valence-electron chi connectivity index (χ1n) is 14.4. The molecule has 0 radical (unpaired) electrons. The maximum Gasteiger partial charge on any atom is 0.264 e. The Morgan fingerprint density at radius 2 is 1.73 bits per heavy atom. The molecule has 3 saturated carbocycles. The van der Waals surface area contributed by atoms with Crippen molar-refractivity contribution in [1.29, 1.82) is 0 Å². The van der Waals surface area contributed by atoms with Crippen LogP contribution in [0.2, 0.25) is 0 Å². The number of methoxy groups -OCH3 is 1. The zero-order valence-corrected chi connectivity index (χ0v) is 24.1. The van der Waals surface area contributed by atoms with Crippen molar-refractivity contribution in [3.63, 3.8) is 0 Å². The monoisotopic (exact) mass is 566 g/mol. The molecule has 3 aromatic rings. The maximum atomic E-state index is 13.2. The van der Waals surface area contributed by atoms with Crippen LogP contribution in [-0.2, 0) is 26.3 Å². The van der Waals surface area contributed by atoms with Gasteiger partial charge < -0.3 is 9.30 Å². The Labute approximate surface area is 236 Å². The second-order valence-corrected chi connectivity index (χ2v) is 13.7. The molecule has 2 aromatic carbocycles. The Bertz CT molecular complexity index is 1500. The average Bonchev–Trinajstić information content (AvgIpc) is 3.90. The second kappa shape index (κ2) is 10.8. The molecule has 0 spiro atoms. The lowest BCUT2D eigenvalue weighted by atomic mass is 9.81. The third-order valence-corrected chi connectivity index (χ3v) is 10.7. The molecular weight excluding hydrogens is 528 g/mol. The van der Waals surface area contributed by atoms with Gasteiger partial charge >= 0.3 is 0 Å². The molecule has 0 bridgehead atoms. The fraction of sp³-hybridized carbons (Fsp3) is 0.516. The SMILES string of the molecule is COOCC1(Cn2c(-c3ccc(OC)cc3)c(C3CCCCC3)c3ccc(C(=O)NS(=O)(=O)C4CC4)cc32)CC1. The third kappa shape index (κ3) is 5.39. The van der Waals surface area contributed by atoms with Crippen LogP contribution in [0.3, 0.4) is 0 Å². The largest absolute Gasteiger partial charge is 0.497 e. The third-order valence-electron chi connectivity index (χ3n) is 8.87. The summed E-state index contributed by atoms with van der Waals surface area (Å²) in [7, 11) is -0.443. The summed E-state index contributed by atoms with van der Waals surface area (Å²) in [6.45, 7) is 1.20. The predicted octanol–water partition coefficient (Wildman–Crippen LogP) is 5.94. The van der Waals surface area contributed by atoms with E-state index >= 15 is 0 Å². The van der Waals surface area contributed by atoms with E-state index in [1.165, 1.54) is 31.9 Å². The normalized spacial score (nSPS) is 19.1. The fourth-order valence-corrected chi connectivity index (χ4v) is 7.54. The average molecular weight is 567 g/mol. The number of amides is 1. The van der Waals surface area contributed by atoms with Crippen molar-refractivity contribution in [2.24, 2.45) is 5.41 Å². The first kappa shape index (κ1) is 27.3. The molecule has 40 heavy (non-hydrogen) atoms. The number of carbonyl (C=O) groups excluding carboxylic acids is 1. The van der Waals surface area contributed by atoms with Crippen molar-refractivity contribution in [2.45, 2.75) is 75.5 Å². The van der Waals surface area contributed by atoms with Crippen molar-refractivity contribution < 1.29 is 27.7 Å². The molecule has 0 aliphatic heterocycles. The van der Waals surface area contributed by atoms with Gasteiger partial charge in [0.1, 0.15) is 5.75 Å². The van der Waals surface area contributed by atoms with Crippen LogP contribution in [0.25, 0.3) is 22.2 Å². The zero-order chi connectivity index (χ0) is 27.9. The van der Waals surface area contributed by atoms with Gasteiger partial charge in [0.05, 0.1) is 31.8 Å². The minimum absolute atomic E-state index is 0.0550. The van der Waals surface area contributed by atoms with Crippen molar-refractivity contribution in [2.75, 3.05) is 20.8 Å². The summed E-state index contributed by atoms with van der Waals surface area (Å²) in [5, 5.41) is 0.668. The molecule has 8 nitrogen and oxygen atoms in total. The van der Waals surface area contributed by atoms with E-state index in [2.05, 4.69) is 21.4 Å². The van der Waals surface area contributed by atoms with Gasteiger partial charge in [-0.15, -0.1) is 0 Å². The lowest BCUT2D eigenvalue weighted by molar-refractivity contribution is -0.283. The number of benzene rings is 2. The molecule has 9 heteroatoms. The van der Waals surface area contributed by atoms with Crippen LogP contribution in [-0.4, -0.2) is 45.0 Å². The second-order valence-electron chi connectivity index (χ2n) is 11.7. The summed E-state index contributed by atoms with van der Waals surface area (Å²) in [4.78, 5) is 23.6. The molecular formula is C31H38N2O6S. The Balaban J connectivity index is 1.51. The van der Waals surface area contributed by atoms with Crippen LogP contribution >= 0.6 is 0 Å². The predicted molar refractivity (Wildman–Crippen MR) is 154 cm³/mol. The van der Waals surface area contributed by atoms with E-state index in [-0.39, 0.29) is 5.41 Å². The molecule has 3 aliphatic carbocycles. The van der Waals surface area contributed by atoms with E-state index in [4.69, 9.17) is 14.5 Å². The van der Waals surface area contributed by atoms with E-state index < -0.39 is 21.2 Å². The summed E-state index contributed by atoms with van der Waals surface area (Å²) in [6, 6.07) is 13.9. The number of ether oxygens (including phenoxy) is 1. The van der Waals surface area contributed by atoms with E-state index in [1.807, 2.05) is 24.3 Å². The van der Waals surface area contributed by atoms with Crippen molar-refractivity contribution >= 4 is 26.8 Å². The molecule has 0 unspecified atom stereocenters. The van der Waals surface area contributed by atoms with Gasteiger partial charge in [0, 0.05) is 28.4 Å². The van der Waals surface area contributed by atoms with Crippen LogP contribution in [0, 0.1) is 5.41 Å². The highest BCUT2D eigenvalue weighted by atomic mass is 32.2. The van der Waals surface area contributed by atoms with Crippen LogP contribution < -0.4 is 9.46 Å². The van der Waals surface area contributed by atoms with E-state index in [0.29, 0.717) is 37.5 Å². The van der Waals surface area contributed by atoms with Gasteiger partial charge in [0.15, 0.2) is 0 Å². The maximum absolute atomic E-state index is 13.2. The Morgan fingerprint density at radius 3 is 2.35 bits per heavy atom. The molecule has 1 aromatic heterocycles. The molecule has 3 fully saturated rings. The lowest BCUT2D eigenvalue weighted by Gasteiger charge is -2.24. The zero-order valence-electron chi connectivity index (χ0n) is 23.3. The minimum Gasteiger partial charge on any atom is -0.497 e. The number of aromatic nitrogens is 1. The number of nitrogens with zero attached hydrogens (tertiary/aromatic N) is 1. The summed E-state index contributed by atoms with van der Waals surface area (Å²) in [6.07, 6.45) is 9.16. The summed E-state index contributed by atoms with van der Waals surface area (Å²) >= 11 is 0. The quantitative estimate of drug-likeness (QED) is 0.228. The molecule has 6 rings (SSSR count). The summed E-state index contributed by atoms with van der Waals surface area (Å²) in [5.74, 6) is 0.638. The number of sulfonamides is 1. The van der Waals surface area contributed by atoms with Crippen LogP contribution in [0.1, 0.15) is 79.6 Å². The smallest absolute Gasteiger partial charge is 0.264 e. The summed E-state index contributed by atoms with van der Waals surface area (Å²) < 4.78 is 35.2. The Morgan fingerprint density at radius 1 is 1.00 bits per heavy atom. The number of fused-ring (bicyclic) bond motifs is 1. The first-order chi connectivity index (χ1) is 19.3. The number of carbonyl (C=O) groups is 1. The van der Waals surface area contributed by atoms with Crippen molar-refractivity contribution in [3.05, 3.63) is 53.6 Å². The van der Waals surface area contributed by atoms with Gasteiger partial charge in [0.25, 0.3) is 5.91 Å². The highest BCUT2D eigenvalue weighted by Crippen LogP contribution is 2.51. The van der Waals surface area contributed by atoms with Crippen LogP contribution in [0.4, 0.5) is 0 Å². The van der Waals surface area contributed by atoms with Gasteiger partial charge in [-0.05, 0) is 92.0 Å². The minimum atomic E-state index is -3.65. The lowest BCUT2D eigenvalue weighted by Crippen LogP contribution is -2.33. The Kier molecular flexibility index (Phi) is 7.39. The molecule has 1 amide bonds. The molecule has 1 heterocycles. The molecule has 1 N–H and O–H groups in total. The molecule has 0 atom stereocenters. The number of hydrogen-bond donors (Lipinski definition) is 1. The van der Waals surface area contributed by atoms with E-state index in [1.54, 1.807) is 13.2 Å². The topological polar surface area (TPSA) is 95.9 Å². The van der Waals surface area contributed by atoms with Gasteiger partial charge in [0.2, 0.25) is 10.0 Å². The molecule has 3 aliphatic rings. The van der Waals surface area contributed by atoms with Gasteiger partial charge in [-0.3, -0.25) is 4.79 Å². The van der Waals surface area contributed by atoms with Crippen LogP contribution in [0.15, 0.2) is 42.5 Å². The number of rotatable bonds is 11. The number of nitrogens with one attached hydrogen (secondary N) is 1. The van der Waals surface area contributed by atoms with Gasteiger partial charge in [-0.1, -0.05) is 25.3 Å². The van der Waals surface area contributed by atoms with Crippen molar-refractivity contribution in [1.82, 2.24) is 9.29 Å². The highest BCUT2D eigenvalue weighted by molar-refractivity contribution is 7.91. The van der Waals surface area contributed by atoms with Crippen molar-refractivity contribution in [3.8, 4) is 17.0 Å².